The molecule has 68 valence electrons. The van der Waals surface area contributed by atoms with Crippen LogP contribution in [0.4, 0.5) is 0 Å². The molecule has 3 nitrogen and oxygen atoms in total. The third kappa shape index (κ3) is 2.76. The predicted octanol–water partition coefficient (Wildman–Crippen LogP) is 1.51. The number of thiazole rings is 1. The normalized spacial score (nSPS) is 9.00. The Hall–Kier alpha value is -0.990. The molecule has 0 saturated heterocycles. The van der Waals surface area contributed by atoms with Crippen molar-refractivity contribution in [1.29, 1.82) is 0 Å². The van der Waals surface area contributed by atoms with E-state index < -0.39 is 5.97 Å². The van der Waals surface area contributed by atoms with E-state index >= 15 is 0 Å². The summed E-state index contributed by atoms with van der Waals surface area (Å²) in [6, 6.07) is 0. The van der Waals surface area contributed by atoms with E-state index in [9.17, 15) is 4.79 Å². The molecule has 1 rings (SSSR count). The fourth-order valence-electron chi connectivity index (χ4n) is 0.686. The molecule has 0 bridgehead atoms. The number of aromatic nitrogens is 1. The lowest BCUT2D eigenvalue weighted by Crippen LogP contribution is -1.98. The van der Waals surface area contributed by atoms with E-state index in [1.54, 1.807) is 0 Å². The average Bonchev–Trinajstić information content (AvgIpc) is 2.53. The van der Waals surface area contributed by atoms with E-state index in [0.717, 1.165) is 0 Å². The Morgan fingerprint density at radius 2 is 2.54 bits per heavy atom. The highest BCUT2D eigenvalue weighted by molar-refractivity contribution is 7.80. The Bertz CT molecular complexity index is 362. The van der Waals surface area contributed by atoms with Crippen molar-refractivity contribution in [3.63, 3.8) is 0 Å². The summed E-state index contributed by atoms with van der Waals surface area (Å²) in [5, 5.41) is 8.67. The van der Waals surface area contributed by atoms with Gasteiger partial charge in [0.1, 0.15) is 4.88 Å². The number of rotatable bonds is 2. The molecule has 0 aliphatic carbocycles. The molecule has 0 unspecified atom stereocenters. The molecular formula is C8H7NO2S2. The van der Waals surface area contributed by atoms with Crippen LogP contribution < -0.4 is 0 Å². The van der Waals surface area contributed by atoms with Gasteiger partial charge in [-0.1, -0.05) is 11.8 Å². The fraction of sp³-hybridized carbons (Fsp3) is 0.250. The molecule has 5 heteroatoms. The van der Waals surface area contributed by atoms with Gasteiger partial charge in [0, 0.05) is 12.2 Å². The molecule has 1 aromatic rings. The number of carboxylic acids is 1. The Kier molecular flexibility index (Phi) is 3.80. The zero-order valence-corrected chi connectivity index (χ0v) is 8.36. The maximum atomic E-state index is 10.6. The SMILES string of the molecule is O=C(O)c1ncsc1C#CCCS. The largest absolute Gasteiger partial charge is 0.476 e. The first-order valence-electron chi connectivity index (χ1n) is 3.52. The Morgan fingerprint density at radius 3 is 3.15 bits per heavy atom. The number of hydrogen-bond acceptors (Lipinski definition) is 4. The third-order valence-electron chi connectivity index (χ3n) is 1.21. The summed E-state index contributed by atoms with van der Waals surface area (Å²) in [6.45, 7) is 0. The molecule has 1 aromatic heterocycles. The van der Waals surface area contributed by atoms with Crippen LogP contribution in [-0.2, 0) is 0 Å². The van der Waals surface area contributed by atoms with Crippen molar-refractivity contribution in [3.05, 3.63) is 16.1 Å². The summed E-state index contributed by atoms with van der Waals surface area (Å²) in [4.78, 5) is 14.8. The second-order valence-corrected chi connectivity index (χ2v) is 3.41. The van der Waals surface area contributed by atoms with E-state index in [-0.39, 0.29) is 5.69 Å². The van der Waals surface area contributed by atoms with Gasteiger partial charge in [0.25, 0.3) is 0 Å². The van der Waals surface area contributed by atoms with Crippen LogP contribution in [0.2, 0.25) is 0 Å². The molecule has 0 atom stereocenters. The highest BCUT2D eigenvalue weighted by atomic mass is 32.1. The van der Waals surface area contributed by atoms with Gasteiger partial charge in [-0.15, -0.1) is 11.3 Å². The van der Waals surface area contributed by atoms with Crippen LogP contribution in [0.5, 0.6) is 0 Å². The first kappa shape index (κ1) is 10.1. The maximum absolute atomic E-state index is 10.6. The van der Waals surface area contributed by atoms with Crippen LogP contribution in [0.15, 0.2) is 5.51 Å². The first-order chi connectivity index (χ1) is 6.25. The summed E-state index contributed by atoms with van der Waals surface area (Å²) in [5.74, 6) is 5.21. The summed E-state index contributed by atoms with van der Waals surface area (Å²) >= 11 is 5.23. The lowest BCUT2D eigenvalue weighted by Gasteiger charge is -1.85. The summed E-state index contributed by atoms with van der Waals surface area (Å²) < 4.78 is 0. The van der Waals surface area contributed by atoms with Crippen LogP contribution in [-0.4, -0.2) is 21.8 Å². The molecule has 0 fully saturated rings. The van der Waals surface area contributed by atoms with E-state index in [1.807, 2.05) is 0 Å². The molecule has 13 heavy (non-hydrogen) atoms. The zero-order chi connectivity index (χ0) is 9.68. The second-order valence-electron chi connectivity index (χ2n) is 2.11. The third-order valence-corrected chi connectivity index (χ3v) is 2.17. The van der Waals surface area contributed by atoms with Crippen LogP contribution in [0, 0.1) is 11.8 Å². The van der Waals surface area contributed by atoms with Crippen molar-refractivity contribution in [2.75, 3.05) is 5.75 Å². The van der Waals surface area contributed by atoms with Crippen molar-refractivity contribution in [2.45, 2.75) is 6.42 Å². The molecule has 0 radical (unpaired) electrons. The van der Waals surface area contributed by atoms with Crippen LogP contribution in [0.25, 0.3) is 0 Å². The molecule has 0 aliphatic heterocycles. The molecule has 0 saturated carbocycles. The van der Waals surface area contributed by atoms with E-state index in [0.29, 0.717) is 17.1 Å². The van der Waals surface area contributed by atoms with Gasteiger partial charge in [-0.2, -0.15) is 12.6 Å². The monoisotopic (exact) mass is 213 g/mol. The second kappa shape index (κ2) is 4.90. The van der Waals surface area contributed by atoms with Gasteiger partial charge in [0.15, 0.2) is 5.69 Å². The molecule has 0 spiro atoms. The van der Waals surface area contributed by atoms with E-state index in [1.165, 1.54) is 16.8 Å². The maximum Gasteiger partial charge on any atom is 0.356 e. The number of thiol groups is 1. The number of carboxylic acid groups (broad SMARTS) is 1. The highest BCUT2D eigenvalue weighted by Crippen LogP contribution is 2.11. The van der Waals surface area contributed by atoms with Crippen LogP contribution in [0.3, 0.4) is 0 Å². The topological polar surface area (TPSA) is 50.2 Å². The molecular weight excluding hydrogens is 206 g/mol. The van der Waals surface area contributed by atoms with E-state index in [4.69, 9.17) is 5.11 Å². The van der Waals surface area contributed by atoms with Gasteiger partial charge >= 0.3 is 5.97 Å². The van der Waals surface area contributed by atoms with Gasteiger partial charge in [-0.05, 0) is 0 Å². The Morgan fingerprint density at radius 1 is 1.77 bits per heavy atom. The Labute approximate surface area is 85.2 Å². The van der Waals surface area contributed by atoms with Crippen molar-refractivity contribution >= 4 is 29.9 Å². The molecule has 0 aliphatic rings. The Balaban J connectivity index is 2.84. The number of carbonyl (C=O) groups is 1. The van der Waals surface area contributed by atoms with Crippen molar-refractivity contribution in [1.82, 2.24) is 4.98 Å². The van der Waals surface area contributed by atoms with Crippen molar-refractivity contribution in [2.24, 2.45) is 0 Å². The average molecular weight is 213 g/mol. The number of aromatic carboxylic acids is 1. The van der Waals surface area contributed by atoms with Gasteiger partial charge in [-0.3, -0.25) is 0 Å². The van der Waals surface area contributed by atoms with Crippen molar-refractivity contribution < 1.29 is 9.90 Å². The van der Waals surface area contributed by atoms with Crippen LogP contribution in [0.1, 0.15) is 21.8 Å². The molecule has 0 aromatic carbocycles. The first-order valence-corrected chi connectivity index (χ1v) is 5.03. The predicted molar refractivity (Wildman–Crippen MR) is 54.4 cm³/mol. The summed E-state index contributed by atoms with van der Waals surface area (Å²) in [6.07, 6.45) is 0.653. The minimum absolute atomic E-state index is 0.0386. The zero-order valence-electron chi connectivity index (χ0n) is 6.65. The van der Waals surface area contributed by atoms with Gasteiger partial charge in [0.2, 0.25) is 0 Å². The highest BCUT2D eigenvalue weighted by Gasteiger charge is 2.10. The summed E-state index contributed by atoms with van der Waals surface area (Å²) in [7, 11) is 0. The minimum atomic E-state index is -1.03. The molecule has 1 heterocycles. The van der Waals surface area contributed by atoms with Gasteiger partial charge < -0.3 is 5.11 Å². The standard InChI is InChI=1S/C8H7NO2S2/c10-8(11)7-6(13-5-9-7)3-1-2-4-12/h5,12H,2,4H2,(H,10,11). The molecule has 0 amide bonds. The molecule has 1 N–H and O–H groups in total. The van der Waals surface area contributed by atoms with Gasteiger partial charge in [0.05, 0.1) is 5.51 Å². The van der Waals surface area contributed by atoms with E-state index in [2.05, 4.69) is 29.5 Å². The quantitative estimate of drug-likeness (QED) is 0.578. The van der Waals surface area contributed by atoms with Gasteiger partial charge in [-0.25, -0.2) is 9.78 Å². The lowest BCUT2D eigenvalue weighted by molar-refractivity contribution is 0.0691. The van der Waals surface area contributed by atoms with Crippen LogP contribution >= 0.6 is 24.0 Å². The number of hydrogen-bond donors (Lipinski definition) is 2. The minimum Gasteiger partial charge on any atom is -0.476 e. The smallest absolute Gasteiger partial charge is 0.356 e. The summed E-state index contributed by atoms with van der Waals surface area (Å²) in [5.41, 5.74) is 1.52. The number of nitrogens with zero attached hydrogens (tertiary/aromatic N) is 1. The fourth-order valence-corrected chi connectivity index (χ4v) is 1.44. The van der Waals surface area contributed by atoms with Crippen molar-refractivity contribution in [3.8, 4) is 11.8 Å². The lowest BCUT2D eigenvalue weighted by atomic mass is 10.3.